The summed E-state index contributed by atoms with van der Waals surface area (Å²) < 4.78 is 0. The SMILES string of the molecule is CN1CCCC1CNC(=O)C1CSCN1. The molecule has 2 heterocycles. The van der Waals surface area contributed by atoms with Crippen LogP contribution in [-0.2, 0) is 4.79 Å². The van der Waals surface area contributed by atoms with Crippen molar-refractivity contribution in [2.75, 3.05) is 31.8 Å². The third-order valence-corrected chi connectivity index (χ3v) is 4.16. The zero-order valence-electron chi connectivity index (χ0n) is 9.16. The predicted octanol–water partition coefficient (Wildman–Crippen LogP) is -0.141. The molecule has 0 aliphatic carbocycles. The third-order valence-electron chi connectivity index (χ3n) is 3.22. The summed E-state index contributed by atoms with van der Waals surface area (Å²) in [6, 6.07) is 0.574. The second kappa shape index (κ2) is 5.18. The van der Waals surface area contributed by atoms with Crippen LogP contribution in [0.4, 0.5) is 0 Å². The lowest BCUT2D eigenvalue weighted by Crippen LogP contribution is -2.46. The average Bonchev–Trinajstić information content (AvgIpc) is 2.85. The molecule has 1 amide bonds. The number of carbonyl (C=O) groups excluding carboxylic acids is 1. The van der Waals surface area contributed by atoms with Crippen molar-refractivity contribution in [1.29, 1.82) is 0 Å². The van der Waals surface area contributed by atoms with E-state index < -0.39 is 0 Å². The van der Waals surface area contributed by atoms with Crippen LogP contribution in [0.3, 0.4) is 0 Å². The molecule has 5 heteroatoms. The summed E-state index contributed by atoms with van der Waals surface area (Å²) in [7, 11) is 2.13. The Kier molecular flexibility index (Phi) is 3.88. The number of hydrogen-bond donors (Lipinski definition) is 2. The van der Waals surface area contributed by atoms with Gasteiger partial charge in [0.1, 0.15) is 0 Å². The predicted molar refractivity (Wildman–Crippen MR) is 62.9 cm³/mol. The Bertz CT molecular complexity index is 231. The molecule has 2 saturated heterocycles. The molecule has 2 aliphatic heterocycles. The largest absolute Gasteiger partial charge is 0.353 e. The summed E-state index contributed by atoms with van der Waals surface area (Å²) in [4.78, 5) is 14.0. The van der Waals surface area contributed by atoms with E-state index in [1.54, 1.807) is 11.8 Å². The van der Waals surface area contributed by atoms with E-state index in [0.29, 0.717) is 6.04 Å². The molecule has 2 atom stereocenters. The van der Waals surface area contributed by atoms with Crippen LogP contribution in [0.15, 0.2) is 0 Å². The Morgan fingerprint density at radius 3 is 3.13 bits per heavy atom. The number of amides is 1. The number of thioether (sulfide) groups is 1. The monoisotopic (exact) mass is 229 g/mol. The maximum absolute atomic E-state index is 11.7. The van der Waals surface area contributed by atoms with Crippen LogP contribution in [0.5, 0.6) is 0 Å². The lowest BCUT2D eigenvalue weighted by atomic mass is 10.2. The summed E-state index contributed by atoms with van der Waals surface area (Å²) in [5.74, 6) is 1.98. The van der Waals surface area contributed by atoms with Gasteiger partial charge >= 0.3 is 0 Å². The van der Waals surface area contributed by atoms with Crippen LogP contribution in [0.25, 0.3) is 0 Å². The zero-order chi connectivity index (χ0) is 10.7. The van der Waals surface area contributed by atoms with Crippen LogP contribution in [0, 0.1) is 0 Å². The van der Waals surface area contributed by atoms with E-state index in [1.807, 2.05) is 0 Å². The van der Waals surface area contributed by atoms with Gasteiger partial charge in [-0.15, -0.1) is 11.8 Å². The molecule has 2 rings (SSSR count). The molecule has 0 spiro atoms. The minimum Gasteiger partial charge on any atom is -0.353 e. The number of rotatable bonds is 3. The first-order chi connectivity index (χ1) is 7.27. The van der Waals surface area contributed by atoms with Gasteiger partial charge in [0.25, 0.3) is 0 Å². The summed E-state index contributed by atoms with van der Waals surface area (Å²) in [5, 5.41) is 6.22. The van der Waals surface area contributed by atoms with Gasteiger partial charge in [-0.2, -0.15) is 0 Å². The fraction of sp³-hybridized carbons (Fsp3) is 0.900. The molecular weight excluding hydrogens is 210 g/mol. The molecule has 2 N–H and O–H groups in total. The van der Waals surface area contributed by atoms with Gasteiger partial charge in [-0.3, -0.25) is 10.1 Å². The van der Waals surface area contributed by atoms with E-state index in [2.05, 4.69) is 22.6 Å². The molecule has 0 saturated carbocycles. The van der Waals surface area contributed by atoms with Crippen molar-refractivity contribution in [2.45, 2.75) is 24.9 Å². The first-order valence-electron chi connectivity index (χ1n) is 5.56. The van der Waals surface area contributed by atoms with Crippen LogP contribution < -0.4 is 10.6 Å². The average molecular weight is 229 g/mol. The molecule has 2 unspecified atom stereocenters. The van der Waals surface area contributed by atoms with E-state index in [1.165, 1.54) is 12.8 Å². The lowest BCUT2D eigenvalue weighted by Gasteiger charge is -2.20. The first-order valence-corrected chi connectivity index (χ1v) is 6.72. The number of hydrogen-bond acceptors (Lipinski definition) is 4. The standard InChI is InChI=1S/C10H19N3OS/c1-13-4-2-3-8(13)5-11-10(14)9-6-15-7-12-9/h8-9,12H,2-7H2,1H3,(H,11,14). The van der Waals surface area contributed by atoms with Crippen LogP contribution in [0.2, 0.25) is 0 Å². The summed E-state index contributed by atoms with van der Waals surface area (Å²) in [6.07, 6.45) is 2.47. The van der Waals surface area contributed by atoms with Gasteiger partial charge in [0.2, 0.25) is 5.91 Å². The van der Waals surface area contributed by atoms with Crippen LogP contribution in [-0.4, -0.2) is 54.7 Å². The van der Waals surface area contributed by atoms with Crippen molar-refractivity contribution in [3.63, 3.8) is 0 Å². The van der Waals surface area contributed by atoms with E-state index >= 15 is 0 Å². The highest BCUT2D eigenvalue weighted by Crippen LogP contribution is 2.14. The van der Waals surface area contributed by atoms with Gasteiger partial charge in [0.15, 0.2) is 0 Å². The van der Waals surface area contributed by atoms with Crippen molar-refractivity contribution in [1.82, 2.24) is 15.5 Å². The normalized spacial score (nSPS) is 32.1. The maximum Gasteiger partial charge on any atom is 0.238 e. The minimum atomic E-state index is 0.0294. The Morgan fingerprint density at radius 2 is 2.53 bits per heavy atom. The number of likely N-dealkylation sites (N-methyl/N-ethyl adjacent to an activating group) is 1. The van der Waals surface area contributed by atoms with Crippen LogP contribution >= 0.6 is 11.8 Å². The quantitative estimate of drug-likeness (QED) is 0.707. The third kappa shape index (κ3) is 2.86. The van der Waals surface area contributed by atoms with Gasteiger partial charge in [-0.05, 0) is 26.4 Å². The number of carbonyl (C=O) groups is 1. The van der Waals surface area contributed by atoms with Gasteiger partial charge in [0, 0.05) is 24.2 Å². The number of nitrogens with one attached hydrogen (secondary N) is 2. The molecule has 0 aromatic heterocycles. The molecule has 0 aromatic carbocycles. The van der Waals surface area contributed by atoms with Gasteiger partial charge in [-0.1, -0.05) is 0 Å². The molecule has 86 valence electrons. The van der Waals surface area contributed by atoms with Gasteiger partial charge in [0.05, 0.1) is 6.04 Å². The highest BCUT2D eigenvalue weighted by atomic mass is 32.2. The first kappa shape index (κ1) is 11.2. The Balaban J connectivity index is 1.70. The highest BCUT2D eigenvalue weighted by molar-refractivity contribution is 7.99. The van der Waals surface area contributed by atoms with Crippen molar-refractivity contribution in [2.24, 2.45) is 0 Å². The summed E-state index contributed by atoms with van der Waals surface area (Å²) in [5.41, 5.74) is 0. The summed E-state index contributed by atoms with van der Waals surface area (Å²) in [6.45, 7) is 1.97. The topological polar surface area (TPSA) is 44.4 Å². The van der Waals surface area contributed by atoms with Gasteiger partial charge in [-0.25, -0.2) is 0 Å². The molecule has 2 fully saturated rings. The second-order valence-electron chi connectivity index (χ2n) is 4.29. The molecule has 4 nitrogen and oxygen atoms in total. The van der Waals surface area contributed by atoms with Gasteiger partial charge < -0.3 is 10.2 Å². The Labute approximate surface area is 95.2 Å². The Hall–Kier alpha value is -0.260. The molecule has 0 aromatic rings. The molecular formula is C10H19N3OS. The van der Waals surface area contributed by atoms with E-state index in [4.69, 9.17) is 0 Å². The fourth-order valence-electron chi connectivity index (χ4n) is 2.14. The molecule has 15 heavy (non-hydrogen) atoms. The van der Waals surface area contributed by atoms with Crippen molar-refractivity contribution in [3.05, 3.63) is 0 Å². The van der Waals surface area contributed by atoms with Crippen molar-refractivity contribution in [3.8, 4) is 0 Å². The Morgan fingerprint density at radius 1 is 1.67 bits per heavy atom. The molecule has 0 radical (unpaired) electrons. The minimum absolute atomic E-state index is 0.0294. The van der Waals surface area contributed by atoms with E-state index in [0.717, 1.165) is 24.7 Å². The van der Waals surface area contributed by atoms with E-state index in [-0.39, 0.29) is 11.9 Å². The zero-order valence-corrected chi connectivity index (χ0v) is 9.98. The highest BCUT2D eigenvalue weighted by Gasteiger charge is 2.25. The summed E-state index contributed by atoms with van der Waals surface area (Å²) >= 11 is 1.79. The van der Waals surface area contributed by atoms with Crippen molar-refractivity contribution >= 4 is 17.7 Å². The lowest BCUT2D eigenvalue weighted by molar-refractivity contribution is -0.122. The fourth-order valence-corrected chi connectivity index (χ4v) is 3.08. The smallest absolute Gasteiger partial charge is 0.238 e. The molecule has 0 bridgehead atoms. The number of likely N-dealkylation sites (tertiary alicyclic amines) is 1. The maximum atomic E-state index is 11.7. The van der Waals surface area contributed by atoms with Crippen molar-refractivity contribution < 1.29 is 4.79 Å². The van der Waals surface area contributed by atoms with Crippen LogP contribution in [0.1, 0.15) is 12.8 Å². The second-order valence-corrected chi connectivity index (χ2v) is 5.32. The number of nitrogens with zero attached hydrogens (tertiary/aromatic N) is 1. The molecule has 2 aliphatic rings. The van der Waals surface area contributed by atoms with E-state index in [9.17, 15) is 4.79 Å².